The summed E-state index contributed by atoms with van der Waals surface area (Å²) in [4.78, 5) is 11.6. The summed E-state index contributed by atoms with van der Waals surface area (Å²) >= 11 is 5.62. The zero-order valence-electron chi connectivity index (χ0n) is 11.8. The molecular formula is C14H17ClFNO4S. The highest BCUT2D eigenvalue weighted by molar-refractivity contribution is 7.91. The van der Waals surface area contributed by atoms with Crippen molar-refractivity contribution < 1.29 is 22.3 Å². The van der Waals surface area contributed by atoms with Crippen LogP contribution in [0.3, 0.4) is 0 Å². The largest absolute Gasteiger partial charge is 0.493 e. The summed E-state index contributed by atoms with van der Waals surface area (Å²) in [5, 5.41) is 2.66. The van der Waals surface area contributed by atoms with Crippen molar-refractivity contribution in [1.29, 1.82) is 0 Å². The molecule has 1 aliphatic rings. The van der Waals surface area contributed by atoms with Crippen LogP contribution in [0.4, 0.5) is 4.39 Å². The van der Waals surface area contributed by atoms with Gasteiger partial charge >= 0.3 is 0 Å². The fourth-order valence-electron chi connectivity index (χ4n) is 2.21. The Kier molecular flexibility index (Phi) is 5.63. The van der Waals surface area contributed by atoms with Gasteiger partial charge in [-0.05, 0) is 24.5 Å². The van der Waals surface area contributed by atoms with Crippen molar-refractivity contribution in [1.82, 2.24) is 5.32 Å². The van der Waals surface area contributed by atoms with Gasteiger partial charge in [-0.3, -0.25) is 4.79 Å². The van der Waals surface area contributed by atoms with Crippen LogP contribution < -0.4 is 10.1 Å². The summed E-state index contributed by atoms with van der Waals surface area (Å²) in [5.74, 6) is -0.0255. The number of hydrogen-bond acceptors (Lipinski definition) is 4. The van der Waals surface area contributed by atoms with Crippen LogP contribution in [0.5, 0.6) is 5.75 Å². The Balaban J connectivity index is 1.66. The highest BCUT2D eigenvalue weighted by Gasteiger charge is 2.27. The average molecular weight is 350 g/mol. The summed E-state index contributed by atoms with van der Waals surface area (Å²) in [5.41, 5.74) is 0. The summed E-state index contributed by atoms with van der Waals surface area (Å²) in [6, 6.07) is 3.97. The molecule has 1 aromatic rings. The number of ether oxygens (including phenoxy) is 1. The van der Waals surface area contributed by atoms with E-state index in [1.807, 2.05) is 0 Å². The van der Waals surface area contributed by atoms with Gasteiger partial charge in [0.25, 0.3) is 0 Å². The lowest BCUT2D eigenvalue weighted by atomic mass is 10.1. The third-order valence-electron chi connectivity index (χ3n) is 3.40. The molecule has 0 bridgehead atoms. The van der Waals surface area contributed by atoms with Gasteiger partial charge in [-0.25, -0.2) is 12.8 Å². The Hall–Kier alpha value is -1.34. The van der Waals surface area contributed by atoms with Crippen molar-refractivity contribution in [2.45, 2.75) is 12.8 Å². The molecule has 0 unspecified atom stereocenters. The number of carbonyl (C=O) groups is 1. The molecule has 22 heavy (non-hydrogen) atoms. The van der Waals surface area contributed by atoms with Gasteiger partial charge in [0, 0.05) is 12.6 Å². The Labute approximate surface area is 133 Å². The second kappa shape index (κ2) is 7.28. The molecule has 1 aliphatic heterocycles. The van der Waals surface area contributed by atoms with Gasteiger partial charge in [-0.15, -0.1) is 0 Å². The number of nitrogens with one attached hydrogen (secondary N) is 1. The fourth-order valence-corrected chi connectivity index (χ4v) is 4.24. The quantitative estimate of drug-likeness (QED) is 0.850. The van der Waals surface area contributed by atoms with E-state index >= 15 is 0 Å². The molecule has 1 atom stereocenters. The summed E-state index contributed by atoms with van der Waals surface area (Å²) in [6.07, 6.45) is 0.724. The van der Waals surface area contributed by atoms with Crippen molar-refractivity contribution >= 4 is 27.3 Å². The first-order valence-corrected chi connectivity index (χ1v) is 9.10. The number of halogens is 2. The summed E-state index contributed by atoms with van der Waals surface area (Å²) < 4.78 is 40.9. The van der Waals surface area contributed by atoms with Crippen LogP contribution in [-0.2, 0) is 14.6 Å². The zero-order valence-corrected chi connectivity index (χ0v) is 13.4. The van der Waals surface area contributed by atoms with Gasteiger partial charge in [-0.1, -0.05) is 11.6 Å². The lowest BCUT2D eigenvalue weighted by molar-refractivity contribution is -0.121. The number of benzene rings is 1. The molecule has 1 fully saturated rings. The molecule has 1 N–H and O–H groups in total. The van der Waals surface area contributed by atoms with Crippen LogP contribution in [0.2, 0.25) is 5.02 Å². The third kappa shape index (κ3) is 5.14. The molecule has 1 aromatic carbocycles. The molecule has 0 spiro atoms. The highest BCUT2D eigenvalue weighted by Crippen LogP contribution is 2.21. The van der Waals surface area contributed by atoms with Crippen LogP contribution in [0, 0.1) is 11.7 Å². The first-order chi connectivity index (χ1) is 10.4. The predicted molar refractivity (Wildman–Crippen MR) is 81.3 cm³/mol. The molecule has 122 valence electrons. The van der Waals surface area contributed by atoms with E-state index in [-0.39, 0.29) is 41.4 Å². The maximum Gasteiger partial charge on any atom is 0.223 e. The van der Waals surface area contributed by atoms with Crippen LogP contribution >= 0.6 is 11.6 Å². The maximum absolute atomic E-state index is 13.0. The van der Waals surface area contributed by atoms with Crippen LogP contribution in [-0.4, -0.2) is 39.0 Å². The monoisotopic (exact) mass is 349 g/mol. The molecule has 1 amide bonds. The smallest absolute Gasteiger partial charge is 0.223 e. The molecule has 2 rings (SSSR count). The number of rotatable bonds is 6. The number of sulfone groups is 1. The first kappa shape index (κ1) is 17.0. The van der Waals surface area contributed by atoms with Crippen LogP contribution in [0.25, 0.3) is 0 Å². The molecule has 0 aliphatic carbocycles. The van der Waals surface area contributed by atoms with Crippen molar-refractivity contribution in [2.75, 3.05) is 24.7 Å². The Morgan fingerprint density at radius 2 is 2.23 bits per heavy atom. The summed E-state index contributed by atoms with van der Waals surface area (Å²) in [6.45, 7) is 0.497. The SMILES string of the molecule is O=C(CCOc1ccc(F)c(Cl)c1)NC[C@@H]1CCS(=O)(=O)C1. The number of amides is 1. The second-order valence-electron chi connectivity index (χ2n) is 5.25. The molecule has 8 heteroatoms. The Bertz CT molecular complexity index is 650. The van der Waals surface area contributed by atoms with Gasteiger partial charge < -0.3 is 10.1 Å². The van der Waals surface area contributed by atoms with E-state index in [9.17, 15) is 17.6 Å². The van der Waals surface area contributed by atoms with E-state index < -0.39 is 15.7 Å². The fraction of sp³-hybridized carbons (Fsp3) is 0.500. The first-order valence-electron chi connectivity index (χ1n) is 6.91. The van der Waals surface area contributed by atoms with E-state index in [1.54, 1.807) is 0 Å². The minimum absolute atomic E-state index is 0.00854. The van der Waals surface area contributed by atoms with Gasteiger partial charge in [0.05, 0.1) is 29.6 Å². The van der Waals surface area contributed by atoms with Gasteiger partial charge in [-0.2, -0.15) is 0 Å². The molecule has 0 radical (unpaired) electrons. The van der Waals surface area contributed by atoms with E-state index in [2.05, 4.69) is 5.32 Å². The van der Waals surface area contributed by atoms with E-state index in [0.29, 0.717) is 18.7 Å². The lowest BCUT2D eigenvalue weighted by Crippen LogP contribution is -2.30. The summed E-state index contributed by atoms with van der Waals surface area (Å²) in [7, 11) is -2.92. The van der Waals surface area contributed by atoms with E-state index in [0.717, 1.165) is 0 Å². The van der Waals surface area contributed by atoms with E-state index in [4.69, 9.17) is 16.3 Å². The molecule has 1 heterocycles. The standard InChI is InChI=1S/C14H17ClFNO4S/c15-12-7-11(1-2-13(12)16)21-5-3-14(18)17-8-10-4-6-22(19,20)9-10/h1-2,7,10H,3-6,8-9H2,(H,17,18)/t10-/m0/s1. The Morgan fingerprint density at radius 1 is 1.45 bits per heavy atom. The Morgan fingerprint density at radius 3 is 2.86 bits per heavy atom. The van der Waals surface area contributed by atoms with Crippen molar-refractivity contribution in [3.63, 3.8) is 0 Å². The van der Waals surface area contributed by atoms with Crippen molar-refractivity contribution in [2.24, 2.45) is 5.92 Å². The molecule has 0 aromatic heterocycles. The topological polar surface area (TPSA) is 72.5 Å². The van der Waals surface area contributed by atoms with Crippen LogP contribution in [0.1, 0.15) is 12.8 Å². The molecule has 1 saturated heterocycles. The van der Waals surface area contributed by atoms with Gasteiger partial charge in [0.15, 0.2) is 9.84 Å². The average Bonchev–Trinajstić information content (AvgIpc) is 2.80. The van der Waals surface area contributed by atoms with Gasteiger partial charge in [0.1, 0.15) is 11.6 Å². The van der Waals surface area contributed by atoms with Crippen molar-refractivity contribution in [3.8, 4) is 5.75 Å². The van der Waals surface area contributed by atoms with Gasteiger partial charge in [0.2, 0.25) is 5.91 Å². The highest BCUT2D eigenvalue weighted by atomic mass is 35.5. The zero-order chi connectivity index (χ0) is 16.2. The van der Waals surface area contributed by atoms with Crippen molar-refractivity contribution in [3.05, 3.63) is 29.0 Å². The molecule has 0 saturated carbocycles. The third-order valence-corrected chi connectivity index (χ3v) is 5.53. The van der Waals surface area contributed by atoms with Crippen LogP contribution in [0.15, 0.2) is 18.2 Å². The maximum atomic E-state index is 13.0. The minimum Gasteiger partial charge on any atom is -0.493 e. The normalized spacial score (nSPS) is 19.8. The molecule has 5 nitrogen and oxygen atoms in total. The minimum atomic E-state index is -2.92. The predicted octanol–water partition coefficient (Wildman–Crippen LogP) is 1.80. The number of hydrogen-bond donors (Lipinski definition) is 1. The number of carbonyl (C=O) groups excluding carboxylic acids is 1. The lowest BCUT2D eigenvalue weighted by Gasteiger charge is -2.10. The molecular weight excluding hydrogens is 333 g/mol. The second-order valence-corrected chi connectivity index (χ2v) is 7.88. The van der Waals surface area contributed by atoms with E-state index in [1.165, 1.54) is 18.2 Å².